The van der Waals surface area contributed by atoms with Gasteiger partial charge in [0.1, 0.15) is 11.3 Å². The minimum absolute atomic E-state index is 0.0336. The van der Waals surface area contributed by atoms with E-state index in [9.17, 15) is 4.79 Å². The molecule has 0 aliphatic carbocycles. The quantitative estimate of drug-likeness (QED) is 0.279. The van der Waals surface area contributed by atoms with E-state index in [1.54, 1.807) is 25.1 Å². The van der Waals surface area contributed by atoms with Crippen molar-refractivity contribution in [3.05, 3.63) is 83.6 Å². The summed E-state index contributed by atoms with van der Waals surface area (Å²) >= 11 is 1.67. The van der Waals surface area contributed by atoms with Gasteiger partial charge in [-0.25, -0.2) is 9.97 Å². The number of hydrogen-bond donors (Lipinski definition) is 1. The van der Waals surface area contributed by atoms with Gasteiger partial charge < -0.3 is 15.0 Å². The van der Waals surface area contributed by atoms with Crippen molar-refractivity contribution in [2.45, 2.75) is 31.3 Å². The lowest BCUT2D eigenvalue weighted by atomic mass is 10.1. The summed E-state index contributed by atoms with van der Waals surface area (Å²) in [6, 6.07) is 19.8. The maximum absolute atomic E-state index is 12.5. The van der Waals surface area contributed by atoms with Crippen molar-refractivity contribution in [3.8, 4) is 5.75 Å². The van der Waals surface area contributed by atoms with Gasteiger partial charge in [-0.15, -0.1) is 0 Å². The van der Waals surface area contributed by atoms with Crippen LogP contribution in [-0.2, 0) is 12.3 Å². The Kier molecular flexibility index (Phi) is 8.97. The summed E-state index contributed by atoms with van der Waals surface area (Å²) in [7, 11) is 1.67. The fraction of sp³-hybridized carbons (Fsp3) is 0.321. The Hall–Kier alpha value is -3.36. The molecule has 4 rings (SSSR count). The molecule has 0 aliphatic rings. The van der Waals surface area contributed by atoms with E-state index in [0.717, 1.165) is 58.6 Å². The lowest BCUT2D eigenvalue weighted by molar-refractivity contribution is 0.0949. The molecule has 1 N–H and O–H groups in total. The monoisotopic (exact) mass is 503 g/mol. The van der Waals surface area contributed by atoms with Crippen LogP contribution < -0.4 is 10.1 Å². The number of benzene rings is 2. The molecule has 2 aromatic heterocycles. The first kappa shape index (κ1) is 25.7. The van der Waals surface area contributed by atoms with Crippen molar-refractivity contribution >= 4 is 28.8 Å². The van der Waals surface area contributed by atoms with Gasteiger partial charge in [0.05, 0.1) is 13.7 Å². The number of carbonyl (C=O) groups excluding carboxylic acids is 1. The molecule has 188 valence electrons. The fourth-order valence-electron chi connectivity index (χ4n) is 3.97. The lowest BCUT2D eigenvalue weighted by Crippen LogP contribution is -2.34. The number of nitrogens with zero attached hydrogens (tertiary/aromatic N) is 4. The molecule has 2 aromatic carbocycles. The molecule has 0 fully saturated rings. The van der Waals surface area contributed by atoms with Gasteiger partial charge in [0, 0.05) is 30.6 Å². The molecule has 36 heavy (non-hydrogen) atoms. The zero-order chi connectivity index (χ0) is 25.3. The molecule has 1 amide bonds. The Morgan fingerprint density at radius 1 is 1.03 bits per heavy atom. The number of pyridine rings is 1. The second-order valence-electron chi connectivity index (χ2n) is 8.44. The summed E-state index contributed by atoms with van der Waals surface area (Å²) in [5, 5.41) is 3.93. The van der Waals surface area contributed by atoms with Gasteiger partial charge in [0.15, 0.2) is 10.8 Å². The smallest absolute Gasteiger partial charge is 0.251 e. The molecule has 0 atom stereocenters. The molecule has 2 heterocycles. The van der Waals surface area contributed by atoms with Gasteiger partial charge in [-0.05, 0) is 60.6 Å². The van der Waals surface area contributed by atoms with Crippen molar-refractivity contribution in [3.63, 3.8) is 0 Å². The van der Waals surface area contributed by atoms with Gasteiger partial charge in [-0.2, -0.15) is 0 Å². The maximum atomic E-state index is 12.5. The molecule has 0 saturated heterocycles. The zero-order valence-corrected chi connectivity index (χ0v) is 21.9. The Morgan fingerprint density at radius 2 is 1.75 bits per heavy atom. The van der Waals surface area contributed by atoms with Gasteiger partial charge in [-0.3, -0.25) is 9.36 Å². The van der Waals surface area contributed by atoms with E-state index < -0.39 is 0 Å². The highest BCUT2D eigenvalue weighted by atomic mass is 32.2. The van der Waals surface area contributed by atoms with E-state index in [4.69, 9.17) is 9.72 Å². The van der Waals surface area contributed by atoms with Crippen LogP contribution in [0.1, 0.15) is 35.3 Å². The van der Waals surface area contributed by atoms with Gasteiger partial charge in [-0.1, -0.05) is 49.9 Å². The van der Waals surface area contributed by atoms with Crippen LogP contribution in [0.15, 0.2) is 72.0 Å². The predicted molar refractivity (Wildman–Crippen MR) is 146 cm³/mol. The van der Waals surface area contributed by atoms with Crippen molar-refractivity contribution in [1.82, 2.24) is 24.8 Å². The number of amides is 1. The summed E-state index contributed by atoms with van der Waals surface area (Å²) in [4.78, 5) is 24.2. The minimum Gasteiger partial charge on any atom is -0.497 e. The average Bonchev–Trinajstić information content (AvgIpc) is 3.27. The summed E-state index contributed by atoms with van der Waals surface area (Å²) < 4.78 is 7.44. The molecule has 0 unspecified atom stereocenters. The number of fused-ring (bicyclic) bond motifs is 1. The molecular formula is C28H33N5O2S. The van der Waals surface area contributed by atoms with Crippen LogP contribution in [0.3, 0.4) is 0 Å². The second kappa shape index (κ2) is 12.6. The third-order valence-electron chi connectivity index (χ3n) is 6.16. The first-order valence-corrected chi connectivity index (χ1v) is 13.3. The number of carbonyl (C=O) groups is 1. The zero-order valence-electron chi connectivity index (χ0n) is 21.1. The maximum Gasteiger partial charge on any atom is 0.251 e. The molecule has 4 aromatic rings. The standard InChI is InChI=1S/C28H33N5O2S/c1-4-32(5-2)18-17-30-27(34)23-12-8-22(9-13-23)20-36-28-31-25-7-6-16-29-26(25)33(28)19-21-10-14-24(35-3)15-11-21/h6-16H,4-5,17-20H2,1-3H3,(H,30,34). The van der Waals surface area contributed by atoms with Crippen LogP contribution in [0.2, 0.25) is 0 Å². The third-order valence-corrected chi connectivity index (χ3v) is 7.21. The summed E-state index contributed by atoms with van der Waals surface area (Å²) in [6.45, 7) is 8.42. The number of rotatable bonds is 12. The average molecular weight is 504 g/mol. The van der Waals surface area contributed by atoms with Crippen LogP contribution >= 0.6 is 11.8 Å². The molecule has 0 radical (unpaired) electrons. The molecule has 0 bridgehead atoms. The molecule has 0 spiro atoms. The van der Waals surface area contributed by atoms with E-state index in [1.807, 2.05) is 48.5 Å². The molecule has 8 heteroatoms. The number of imidazole rings is 1. The first-order chi connectivity index (χ1) is 17.6. The summed E-state index contributed by atoms with van der Waals surface area (Å²) in [5.41, 5.74) is 4.71. The van der Waals surface area contributed by atoms with E-state index in [-0.39, 0.29) is 5.91 Å². The van der Waals surface area contributed by atoms with Gasteiger partial charge in [0.2, 0.25) is 0 Å². The molecular weight excluding hydrogens is 470 g/mol. The highest BCUT2D eigenvalue weighted by molar-refractivity contribution is 7.98. The van der Waals surface area contributed by atoms with Crippen molar-refractivity contribution < 1.29 is 9.53 Å². The lowest BCUT2D eigenvalue weighted by Gasteiger charge is -2.17. The van der Waals surface area contributed by atoms with Crippen LogP contribution in [0.5, 0.6) is 5.75 Å². The largest absolute Gasteiger partial charge is 0.497 e. The molecule has 0 aliphatic heterocycles. The highest BCUT2D eigenvalue weighted by Crippen LogP contribution is 2.27. The van der Waals surface area contributed by atoms with E-state index in [0.29, 0.717) is 18.7 Å². The van der Waals surface area contributed by atoms with Crippen molar-refractivity contribution in [1.29, 1.82) is 0 Å². The number of aromatic nitrogens is 3. The predicted octanol–water partition coefficient (Wildman–Crippen LogP) is 4.85. The fourth-order valence-corrected chi connectivity index (χ4v) is 4.93. The Morgan fingerprint density at radius 3 is 2.44 bits per heavy atom. The Balaban J connectivity index is 1.41. The topological polar surface area (TPSA) is 72.3 Å². The van der Waals surface area contributed by atoms with Gasteiger partial charge in [0.25, 0.3) is 5.91 Å². The number of likely N-dealkylation sites (N-methyl/N-ethyl adjacent to an activating group) is 1. The van der Waals surface area contributed by atoms with E-state index in [1.165, 1.54) is 0 Å². The van der Waals surface area contributed by atoms with E-state index in [2.05, 4.69) is 45.7 Å². The van der Waals surface area contributed by atoms with E-state index >= 15 is 0 Å². The number of methoxy groups -OCH3 is 1. The van der Waals surface area contributed by atoms with Crippen LogP contribution in [-0.4, -0.2) is 58.6 Å². The second-order valence-corrected chi connectivity index (χ2v) is 9.39. The highest BCUT2D eigenvalue weighted by Gasteiger charge is 2.13. The van der Waals surface area contributed by atoms with Gasteiger partial charge >= 0.3 is 0 Å². The van der Waals surface area contributed by atoms with Crippen LogP contribution in [0.4, 0.5) is 0 Å². The Bertz CT molecular complexity index is 1270. The Labute approximate surface area is 216 Å². The number of hydrogen-bond acceptors (Lipinski definition) is 6. The normalized spacial score (nSPS) is 11.2. The number of ether oxygens (including phenoxy) is 1. The van der Waals surface area contributed by atoms with Crippen molar-refractivity contribution in [2.75, 3.05) is 33.3 Å². The number of nitrogens with one attached hydrogen (secondary N) is 1. The summed E-state index contributed by atoms with van der Waals surface area (Å²) in [6.07, 6.45) is 1.80. The third kappa shape index (κ3) is 6.44. The SMILES string of the molecule is CCN(CC)CCNC(=O)c1ccc(CSc2nc3cccnc3n2Cc2ccc(OC)cc2)cc1. The van der Waals surface area contributed by atoms with Crippen LogP contribution in [0, 0.1) is 0 Å². The molecule has 7 nitrogen and oxygen atoms in total. The first-order valence-electron chi connectivity index (χ1n) is 12.3. The number of thioether (sulfide) groups is 1. The molecule has 0 saturated carbocycles. The van der Waals surface area contributed by atoms with Crippen molar-refractivity contribution in [2.24, 2.45) is 0 Å². The minimum atomic E-state index is -0.0336. The van der Waals surface area contributed by atoms with Crippen LogP contribution in [0.25, 0.3) is 11.2 Å². The summed E-state index contributed by atoms with van der Waals surface area (Å²) in [5.74, 6) is 1.55.